The minimum absolute atomic E-state index is 0.0124. The maximum atomic E-state index is 13.6. The SMILES string of the molecule is CC(=O)CC[C@@H](NC(=O)N[C@H](CCCCN(Cc1ccc(I)cc1)C(=O)CCCCCC(=S)Cc1ccc(CC2CN(CC(N)=O)CCN(CC(N)=O)CCN(CC(N)=O)CCN2CC(N)=O)cc1)C(=O)O)C(=O)O. The molecule has 3 atom stereocenters. The first kappa shape index (κ1) is 63.6. The van der Waals surface area contributed by atoms with Crippen molar-refractivity contribution >= 4 is 93.0 Å². The molecule has 1 fully saturated rings. The highest BCUT2D eigenvalue weighted by molar-refractivity contribution is 14.1. The molecule has 3 rings (SSSR count). The van der Waals surface area contributed by atoms with Gasteiger partial charge in [-0.3, -0.25) is 43.6 Å². The van der Waals surface area contributed by atoms with E-state index in [1.807, 2.05) is 68.1 Å². The lowest BCUT2D eigenvalue weighted by Crippen LogP contribution is -2.54. The Labute approximate surface area is 458 Å². The number of ketones is 1. The third-order valence-electron chi connectivity index (χ3n) is 12.7. The van der Waals surface area contributed by atoms with Crippen molar-refractivity contribution in [1.82, 2.24) is 35.1 Å². The Morgan fingerprint density at radius 3 is 1.67 bits per heavy atom. The van der Waals surface area contributed by atoms with E-state index >= 15 is 0 Å². The Bertz CT molecular complexity index is 2240. The Balaban J connectivity index is 1.58. The van der Waals surface area contributed by atoms with Gasteiger partial charge in [0.1, 0.15) is 17.9 Å². The summed E-state index contributed by atoms with van der Waals surface area (Å²) in [6, 6.07) is 11.9. The van der Waals surface area contributed by atoms with Crippen LogP contribution in [0.1, 0.15) is 87.8 Å². The first-order valence-corrected chi connectivity index (χ1v) is 26.7. The smallest absolute Gasteiger partial charge is 0.326 e. The number of amides is 7. The molecule has 2 aromatic carbocycles. The maximum absolute atomic E-state index is 13.6. The van der Waals surface area contributed by atoms with Gasteiger partial charge in [0.2, 0.25) is 29.5 Å². The number of hydrogen-bond acceptors (Lipinski definition) is 14. The summed E-state index contributed by atoms with van der Waals surface area (Å²) in [4.78, 5) is 120. The number of rotatable bonds is 32. The monoisotopic (exact) mass is 1180 g/mol. The predicted molar refractivity (Wildman–Crippen MR) is 294 cm³/mol. The van der Waals surface area contributed by atoms with E-state index in [1.54, 1.807) is 4.90 Å². The van der Waals surface area contributed by atoms with Gasteiger partial charge in [-0.05, 0) is 115 Å². The van der Waals surface area contributed by atoms with Crippen molar-refractivity contribution in [1.29, 1.82) is 0 Å². The van der Waals surface area contributed by atoms with Crippen molar-refractivity contribution in [3.05, 3.63) is 68.8 Å². The molecule has 75 heavy (non-hydrogen) atoms. The molecule has 0 spiro atoms. The number of hydrogen-bond donors (Lipinski definition) is 8. The molecule has 1 saturated heterocycles. The summed E-state index contributed by atoms with van der Waals surface area (Å²) in [6.45, 7) is 4.55. The van der Waals surface area contributed by atoms with Crippen LogP contribution in [0.25, 0.3) is 0 Å². The normalized spacial score (nSPS) is 16.1. The predicted octanol–water partition coefficient (Wildman–Crippen LogP) is 1.00. The maximum Gasteiger partial charge on any atom is 0.326 e. The van der Waals surface area contributed by atoms with Crippen molar-refractivity contribution < 1.29 is 53.4 Å². The second-order valence-corrected chi connectivity index (χ2v) is 21.0. The number of nitrogens with zero attached hydrogens (tertiary/aromatic N) is 5. The standard InChI is InChI=1S/C51H76IN11O11S/c1-35(64)10-19-43(50(72)73)58-51(74)57-42(49(70)71)8-5-6-20-63(29-38-15-17-39(52)18-16-38)48(69)9-4-2-3-7-41(75)28-37-13-11-36(12-14-37)27-40-30-61(33-46(55)67)24-23-59(31-44(53)65)21-22-60(32-45(54)66)25-26-62(40)34-47(56)68/h11-18,40,42-43H,2-10,19-34H2,1H3,(H2,53,65)(H2,54,66)(H2,55,67)(H2,56,68)(H,70,71)(H,72,73)(H2,57,58,74)/t40?,42-,43-/m1/s1. The number of carboxylic acids is 2. The van der Waals surface area contributed by atoms with Crippen molar-refractivity contribution in [2.24, 2.45) is 22.9 Å². The molecule has 7 amide bonds. The summed E-state index contributed by atoms with van der Waals surface area (Å²) in [5, 5.41) is 23.8. The molecule has 0 saturated carbocycles. The molecule has 22 nitrogen and oxygen atoms in total. The zero-order valence-corrected chi connectivity index (χ0v) is 45.9. The lowest BCUT2D eigenvalue weighted by atomic mass is 9.99. The van der Waals surface area contributed by atoms with Crippen LogP contribution in [0.15, 0.2) is 48.5 Å². The van der Waals surface area contributed by atoms with E-state index in [2.05, 4.69) is 33.2 Å². The van der Waals surface area contributed by atoms with Gasteiger partial charge in [-0.25, -0.2) is 14.4 Å². The van der Waals surface area contributed by atoms with Crippen LogP contribution in [0.5, 0.6) is 0 Å². The Morgan fingerprint density at radius 1 is 0.627 bits per heavy atom. The summed E-state index contributed by atoms with van der Waals surface area (Å²) < 4.78 is 1.05. The highest BCUT2D eigenvalue weighted by Gasteiger charge is 2.28. The quantitative estimate of drug-likeness (QED) is 0.0288. The summed E-state index contributed by atoms with van der Waals surface area (Å²) in [5.74, 6) is -5.00. The lowest BCUT2D eigenvalue weighted by Gasteiger charge is -2.38. The van der Waals surface area contributed by atoms with Crippen molar-refractivity contribution in [3.8, 4) is 0 Å². The highest BCUT2D eigenvalue weighted by Crippen LogP contribution is 2.18. The molecular formula is C51H76IN11O11S. The highest BCUT2D eigenvalue weighted by atomic mass is 127. The first-order chi connectivity index (χ1) is 35.6. The number of halogens is 1. The largest absolute Gasteiger partial charge is 0.480 e. The fourth-order valence-electron chi connectivity index (χ4n) is 8.76. The molecule has 0 bridgehead atoms. The first-order valence-electron chi connectivity index (χ1n) is 25.2. The van der Waals surface area contributed by atoms with Crippen molar-refractivity contribution in [2.75, 3.05) is 78.5 Å². The van der Waals surface area contributed by atoms with E-state index in [1.165, 1.54) is 6.92 Å². The van der Waals surface area contributed by atoms with Gasteiger partial charge in [0.05, 0.1) is 26.2 Å². The molecule has 24 heteroatoms. The third kappa shape index (κ3) is 27.1. The number of urea groups is 1. The number of benzene rings is 2. The van der Waals surface area contributed by atoms with E-state index in [4.69, 9.17) is 35.2 Å². The number of carbonyl (C=O) groups is 9. The van der Waals surface area contributed by atoms with Crippen LogP contribution in [-0.4, -0.2) is 190 Å². The summed E-state index contributed by atoms with van der Waals surface area (Å²) >= 11 is 8.01. The summed E-state index contributed by atoms with van der Waals surface area (Å²) in [7, 11) is 0. The van der Waals surface area contributed by atoms with Gasteiger partial charge >= 0.3 is 18.0 Å². The van der Waals surface area contributed by atoms with Gasteiger partial charge < -0.3 is 53.5 Å². The van der Waals surface area contributed by atoms with E-state index < -0.39 is 53.7 Å². The van der Waals surface area contributed by atoms with Gasteiger partial charge in [-0.2, -0.15) is 0 Å². The molecule has 0 radical (unpaired) electrons. The van der Waals surface area contributed by atoms with Gasteiger partial charge in [0, 0.05) is 87.8 Å². The van der Waals surface area contributed by atoms with Gasteiger partial charge in [0.15, 0.2) is 0 Å². The fraction of sp³-hybridized carbons (Fsp3) is 0.569. The Hall–Kier alpha value is -5.67. The topological polar surface area (TPSA) is 338 Å². The third-order valence-corrected chi connectivity index (χ3v) is 13.8. The average molecular weight is 1180 g/mol. The van der Waals surface area contributed by atoms with E-state index in [0.29, 0.717) is 104 Å². The number of Topliss-reactive ketones (excluding diaryl/α,β-unsaturated/α-hetero) is 1. The molecule has 1 unspecified atom stereocenters. The van der Waals surface area contributed by atoms with Gasteiger partial charge in [0.25, 0.3) is 0 Å². The Morgan fingerprint density at radius 2 is 1.12 bits per heavy atom. The molecule has 1 heterocycles. The zero-order chi connectivity index (χ0) is 55.5. The van der Waals surface area contributed by atoms with E-state index in [0.717, 1.165) is 38.0 Å². The number of carbonyl (C=O) groups excluding carboxylic acids is 7. The summed E-state index contributed by atoms with van der Waals surface area (Å²) in [6.07, 6.45) is 4.93. The van der Waals surface area contributed by atoms with Crippen LogP contribution in [-0.2, 0) is 57.7 Å². The number of nitrogens with one attached hydrogen (secondary N) is 2. The number of unbranched alkanes of at least 4 members (excludes halogenated alkanes) is 3. The molecule has 0 aliphatic carbocycles. The van der Waals surface area contributed by atoms with Gasteiger partial charge in [-0.15, -0.1) is 0 Å². The van der Waals surface area contributed by atoms with E-state index in [-0.39, 0.29) is 63.2 Å². The number of primary amides is 4. The van der Waals surface area contributed by atoms with Crippen LogP contribution in [0.3, 0.4) is 0 Å². The van der Waals surface area contributed by atoms with E-state index in [9.17, 15) is 53.4 Å². The molecule has 12 N–H and O–H groups in total. The van der Waals surface area contributed by atoms with Crippen LogP contribution < -0.4 is 33.6 Å². The number of carboxylic acid groups (broad SMARTS) is 2. The zero-order valence-electron chi connectivity index (χ0n) is 42.9. The molecule has 1 aliphatic rings. The number of nitrogens with two attached hydrogens (primary N) is 4. The summed E-state index contributed by atoms with van der Waals surface area (Å²) in [5.41, 5.74) is 25.5. The number of thiocarbonyl (C=S) groups is 1. The fourth-order valence-corrected chi connectivity index (χ4v) is 9.43. The second-order valence-electron chi connectivity index (χ2n) is 19.2. The van der Waals surface area contributed by atoms with Crippen molar-refractivity contribution in [2.45, 2.75) is 109 Å². The van der Waals surface area contributed by atoms with Crippen LogP contribution in [0.2, 0.25) is 0 Å². The van der Waals surface area contributed by atoms with Crippen LogP contribution >= 0.6 is 34.8 Å². The van der Waals surface area contributed by atoms with Crippen molar-refractivity contribution in [3.63, 3.8) is 0 Å². The second kappa shape index (κ2) is 34.1. The van der Waals surface area contributed by atoms with Crippen LogP contribution in [0.4, 0.5) is 4.79 Å². The minimum atomic E-state index is -1.36. The van der Waals surface area contributed by atoms with Crippen LogP contribution in [0, 0.1) is 3.57 Å². The molecule has 2 aromatic rings. The van der Waals surface area contributed by atoms with Gasteiger partial charge in [-0.1, -0.05) is 55.0 Å². The molecular weight excluding hydrogens is 1100 g/mol. The molecule has 414 valence electrons. The minimum Gasteiger partial charge on any atom is -0.480 e. The lowest BCUT2D eigenvalue weighted by molar-refractivity contribution is -0.139. The molecule has 1 aliphatic heterocycles. The Kier molecular flexibility index (Phi) is 28.9. The molecule has 0 aromatic heterocycles. The average Bonchev–Trinajstić information content (AvgIpc) is 3.32. The number of aliphatic carboxylic acids is 2.